The molecule has 234 valence electrons. The lowest BCUT2D eigenvalue weighted by molar-refractivity contribution is -0.396. The Morgan fingerprint density at radius 1 is 0.927 bits per heavy atom. The molecule has 14 heteroatoms. The maximum atomic E-state index is 13.1. The highest BCUT2D eigenvalue weighted by molar-refractivity contribution is 9.08. The molecule has 41 heavy (non-hydrogen) atoms. The second-order valence-corrected chi connectivity index (χ2v) is 8.83. The lowest BCUT2D eigenvalue weighted by Gasteiger charge is -2.28. The van der Waals surface area contributed by atoms with Crippen LogP contribution in [0.3, 0.4) is 0 Å². The Balaban J connectivity index is -0.00000165. The number of carbonyl (C=O) groups excluding carboxylic acids is 1. The third kappa shape index (κ3) is 13.9. The summed E-state index contributed by atoms with van der Waals surface area (Å²) in [6.07, 6.45) is 0.113. The minimum absolute atomic E-state index is 0.107. The maximum Gasteiger partial charge on any atom is 0.323 e. The molecule has 0 heterocycles. The molecule has 0 spiro atoms. The molecule has 0 aliphatic heterocycles. The van der Waals surface area contributed by atoms with Crippen LogP contribution in [0, 0.1) is 20.2 Å². The van der Waals surface area contributed by atoms with Gasteiger partial charge in [0.1, 0.15) is 22.6 Å². The van der Waals surface area contributed by atoms with Crippen molar-refractivity contribution in [2.45, 2.75) is 65.8 Å². The molecule has 0 saturated heterocycles. The molecular formula is C27H44BrN3O9S. The number of methoxy groups -OCH3 is 2. The van der Waals surface area contributed by atoms with Gasteiger partial charge in [0.2, 0.25) is 0 Å². The quantitative estimate of drug-likeness (QED) is 0.113. The highest BCUT2D eigenvalue weighted by Gasteiger charge is 2.34. The van der Waals surface area contributed by atoms with Crippen LogP contribution < -0.4 is 4.74 Å². The van der Waals surface area contributed by atoms with Gasteiger partial charge in [0.05, 0.1) is 30.1 Å². The van der Waals surface area contributed by atoms with Crippen molar-refractivity contribution >= 4 is 43.1 Å². The van der Waals surface area contributed by atoms with Gasteiger partial charge in [0, 0.05) is 6.07 Å². The monoisotopic (exact) mass is 665 g/mol. The van der Waals surface area contributed by atoms with E-state index in [4.69, 9.17) is 9.47 Å². The Kier molecular flexibility index (Phi) is 24.4. The van der Waals surface area contributed by atoms with E-state index in [1.165, 1.54) is 19.1 Å². The van der Waals surface area contributed by atoms with Crippen molar-refractivity contribution in [1.29, 1.82) is 0 Å². The fraction of sp³-hybridized carbons (Fsp3) is 0.519. The van der Waals surface area contributed by atoms with Crippen molar-refractivity contribution in [3.63, 3.8) is 0 Å². The molecule has 0 radical (unpaired) electrons. The van der Waals surface area contributed by atoms with Gasteiger partial charge in [-0.05, 0) is 42.6 Å². The minimum atomic E-state index is -4.35. The number of benzene rings is 2. The zero-order chi connectivity index (χ0) is 32.8. The number of likely N-dealkylation sites (N-methyl/N-ethyl adjacent to an activating group) is 1. The largest absolute Gasteiger partial charge is 0.497 e. The molecule has 0 N–H and O–H groups in total. The highest BCUT2D eigenvalue weighted by atomic mass is 79.9. The summed E-state index contributed by atoms with van der Waals surface area (Å²) in [6, 6.07) is 8.13. The van der Waals surface area contributed by atoms with Gasteiger partial charge >= 0.3 is 5.97 Å². The number of nitro benzene ring substituents is 2. The van der Waals surface area contributed by atoms with Gasteiger partial charge in [0.25, 0.3) is 11.4 Å². The topological polar surface area (TPSA) is 159 Å². The number of rotatable bonds is 11. The summed E-state index contributed by atoms with van der Waals surface area (Å²) in [4.78, 5) is 33.6. The number of alkyl halides is 1. The number of nitrogens with zero attached hydrogens (tertiary/aromatic N) is 3. The van der Waals surface area contributed by atoms with E-state index in [-0.39, 0.29) is 13.0 Å². The molecule has 2 rings (SSSR count). The summed E-state index contributed by atoms with van der Waals surface area (Å²) in [6.45, 7) is 13.7. The number of nitro groups is 2. The Bertz CT molecular complexity index is 1150. The molecule has 0 amide bonds. The zero-order valence-corrected chi connectivity index (χ0v) is 27.9. The van der Waals surface area contributed by atoms with Crippen LogP contribution in [0.4, 0.5) is 11.4 Å². The molecule has 0 aliphatic rings. The molecule has 1 unspecified atom stereocenters. The Morgan fingerprint density at radius 3 is 1.83 bits per heavy atom. The molecule has 0 saturated carbocycles. The van der Waals surface area contributed by atoms with Crippen molar-refractivity contribution < 1.29 is 32.5 Å². The molecule has 0 bridgehead atoms. The lowest BCUT2D eigenvalue weighted by Crippen LogP contribution is -2.45. The van der Waals surface area contributed by atoms with E-state index in [2.05, 4.69) is 15.9 Å². The Hall–Kier alpha value is -3.10. The lowest BCUT2D eigenvalue weighted by atomic mass is 10.0. The first kappa shape index (κ1) is 42.4. The first-order chi connectivity index (χ1) is 19.5. The summed E-state index contributed by atoms with van der Waals surface area (Å²) in [5.41, 5.74) is -0.812. The van der Waals surface area contributed by atoms with E-state index in [0.717, 1.165) is 12.1 Å². The van der Waals surface area contributed by atoms with Crippen molar-refractivity contribution in [3.05, 3.63) is 68.3 Å². The van der Waals surface area contributed by atoms with Gasteiger partial charge in [-0.1, -0.05) is 76.5 Å². The summed E-state index contributed by atoms with van der Waals surface area (Å²) >= 11 is 2.94. The molecular weight excluding hydrogens is 622 g/mol. The second kappa shape index (κ2) is 23.6. The summed E-state index contributed by atoms with van der Waals surface area (Å²) < 4.78 is 36.1. The predicted octanol–water partition coefficient (Wildman–Crippen LogP) is 6.44. The number of sulfone groups is 1. The molecule has 2 aromatic carbocycles. The van der Waals surface area contributed by atoms with E-state index in [1.54, 1.807) is 31.2 Å². The number of halogens is 1. The average molecular weight is 667 g/mol. The number of hydrogen-bond acceptors (Lipinski definition) is 10. The van der Waals surface area contributed by atoms with Gasteiger partial charge in [-0.3, -0.25) is 29.9 Å². The molecule has 1 atom stereocenters. The number of non-ortho nitro benzene ring substituents is 1. The standard InChI is InChI=1S/C20H23N3O9S.3C2H6.CH3Br/c1-4-21(18(20(24)32-3)11-14-5-8-16(31-2)9-6-14)13-33(29,30)19-10-7-15(22(25)26)12-17(19)23(27)28;4*1-2/h5-10,12,18H,4,11,13H2,1-3H3;3*1-2H3;1H3. The number of hydrogen-bond donors (Lipinski definition) is 0. The van der Waals surface area contributed by atoms with Crippen LogP contribution in [0.5, 0.6) is 5.75 Å². The smallest absolute Gasteiger partial charge is 0.323 e. The van der Waals surface area contributed by atoms with E-state index in [1.807, 2.05) is 47.4 Å². The van der Waals surface area contributed by atoms with Gasteiger partial charge in [-0.2, -0.15) is 0 Å². The fourth-order valence-corrected chi connectivity index (χ4v) is 4.86. The zero-order valence-electron chi connectivity index (χ0n) is 25.5. The molecule has 0 aliphatic carbocycles. The van der Waals surface area contributed by atoms with Crippen molar-refractivity contribution in [2.24, 2.45) is 0 Å². The van der Waals surface area contributed by atoms with Crippen LogP contribution >= 0.6 is 15.9 Å². The van der Waals surface area contributed by atoms with Gasteiger partial charge < -0.3 is 9.47 Å². The second-order valence-electron chi connectivity index (χ2n) is 6.91. The van der Waals surface area contributed by atoms with E-state index in [0.29, 0.717) is 17.4 Å². The molecule has 0 fully saturated rings. The molecule has 2 aromatic rings. The van der Waals surface area contributed by atoms with Crippen molar-refractivity contribution in [3.8, 4) is 5.75 Å². The molecule has 0 aromatic heterocycles. The van der Waals surface area contributed by atoms with Crippen LogP contribution in [0.1, 0.15) is 54.0 Å². The predicted molar refractivity (Wildman–Crippen MR) is 166 cm³/mol. The van der Waals surface area contributed by atoms with Crippen LogP contribution in [0.15, 0.2) is 47.4 Å². The summed E-state index contributed by atoms with van der Waals surface area (Å²) in [5.74, 6) is 1.00. The van der Waals surface area contributed by atoms with Crippen LogP contribution in [-0.4, -0.2) is 67.6 Å². The minimum Gasteiger partial charge on any atom is -0.497 e. The number of carbonyl (C=O) groups is 1. The van der Waals surface area contributed by atoms with Crippen molar-refractivity contribution in [2.75, 3.05) is 32.5 Å². The van der Waals surface area contributed by atoms with Gasteiger partial charge in [-0.25, -0.2) is 8.42 Å². The summed E-state index contributed by atoms with van der Waals surface area (Å²) in [7, 11) is -1.66. The SMILES string of the molecule is CBr.CC.CC.CC.CCN(CS(=O)(=O)c1ccc([N+](=O)[O-])cc1[N+](=O)[O-])C(Cc1ccc(OC)cc1)C(=O)OC. The first-order valence-corrected chi connectivity index (χ1v) is 16.3. The fourth-order valence-electron chi connectivity index (χ4n) is 3.20. The number of ether oxygens (including phenoxy) is 2. The van der Waals surface area contributed by atoms with E-state index in [9.17, 15) is 33.4 Å². The summed E-state index contributed by atoms with van der Waals surface area (Å²) in [5, 5.41) is 22.3. The average Bonchev–Trinajstić information content (AvgIpc) is 3.02. The van der Waals surface area contributed by atoms with Crippen LogP contribution in [-0.2, 0) is 25.8 Å². The van der Waals surface area contributed by atoms with Gasteiger partial charge in [-0.15, -0.1) is 0 Å². The highest BCUT2D eigenvalue weighted by Crippen LogP contribution is 2.30. The van der Waals surface area contributed by atoms with E-state index < -0.39 is 53.8 Å². The Morgan fingerprint density at radius 2 is 1.44 bits per heavy atom. The third-order valence-electron chi connectivity index (χ3n) is 4.93. The number of esters is 1. The normalized spacial score (nSPS) is 10.4. The van der Waals surface area contributed by atoms with Gasteiger partial charge in [0.15, 0.2) is 9.84 Å². The van der Waals surface area contributed by atoms with Crippen LogP contribution in [0.2, 0.25) is 0 Å². The maximum absolute atomic E-state index is 13.1. The van der Waals surface area contributed by atoms with Crippen molar-refractivity contribution in [1.82, 2.24) is 4.90 Å². The third-order valence-corrected chi connectivity index (χ3v) is 6.62. The van der Waals surface area contributed by atoms with E-state index >= 15 is 0 Å². The Labute approximate surface area is 252 Å². The van der Waals surface area contributed by atoms with Crippen LogP contribution in [0.25, 0.3) is 0 Å². The molecule has 12 nitrogen and oxygen atoms in total. The first-order valence-electron chi connectivity index (χ1n) is 13.0.